The van der Waals surface area contributed by atoms with E-state index in [9.17, 15) is 4.79 Å². The predicted molar refractivity (Wildman–Crippen MR) is 82.0 cm³/mol. The van der Waals surface area contributed by atoms with Crippen molar-refractivity contribution in [3.8, 4) is 5.75 Å². The van der Waals surface area contributed by atoms with Crippen molar-refractivity contribution in [1.29, 1.82) is 0 Å². The molecule has 0 radical (unpaired) electrons. The number of nitrogens with one attached hydrogen (secondary N) is 1. The largest absolute Gasteiger partial charge is 0.480 e. The number of hydrogen-bond donors (Lipinski definition) is 2. The molecule has 4 heteroatoms. The molecule has 1 rings (SSSR count). The third-order valence-corrected chi connectivity index (χ3v) is 3.05. The first-order chi connectivity index (χ1) is 9.35. The minimum Gasteiger partial charge on any atom is -0.480 e. The molecule has 112 valence electrons. The summed E-state index contributed by atoms with van der Waals surface area (Å²) in [7, 11) is 0. The highest BCUT2D eigenvalue weighted by Crippen LogP contribution is 2.26. The van der Waals surface area contributed by atoms with Gasteiger partial charge in [-0.05, 0) is 64.3 Å². The lowest BCUT2D eigenvalue weighted by Gasteiger charge is -2.20. The number of amides is 1. The summed E-state index contributed by atoms with van der Waals surface area (Å²) < 4.78 is 5.83. The Morgan fingerprint density at radius 2 is 1.80 bits per heavy atom. The summed E-state index contributed by atoms with van der Waals surface area (Å²) in [6.45, 7) is 10.3. The van der Waals surface area contributed by atoms with Crippen LogP contribution in [-0.4, -0.2) is 24.6 Å². The van der Waals surface area contributed by atoms with E-state index in [0.717, 1.165) is 23.3 Å². The first kappa shape index (κ1) is 16.5. The Labute approximate surface area is 121 Å². The molecule has 0 aliphatic carbocycles. The van der Waals surface area contributed by atoms with Crippen LogP contribution in [0, 0.1) is 13.8 Å². The van der Waals surface area contributed by atoms with Gasteiger partial charge in [-0.25, -0.2) is 0 Å². The molecule has 0 aliphatic heterocycles. The number of aryl methyl sites for hydroxylation is 2. The van der Waals surface area contributed by atoms with Crippen LogP contribution in [-0.2, 0) is 11.2 Å². The number of carbonyl (C=O) groups is 1. The van der Waals surface area contributed by atoms with Crippen molar-refractivity contribution < 1.29 is 9.53 Å². The van der Waals surface area contributed by atoms with Gasteiger partial charge in [0.1, 0.15) is 5.75 Å². The SMILES string of the molecule is Cc1cc(CCN)cc(C)c1OC(C)C(=O)NC(C)C. The maximum atomic E-state index is 11.9. The van der Waals surface area contributed by atoms with Crippen molar-refractivity contribution in [2.75, 3.05) is 6.54 Å². The normalized spacial score (nSPS) is 12.3. The van der Waals surface area contributed by atoms with E-state index in [1.54, 1.807) is 6.92 Å². The molecule has 4 nitrogen and oxygen atoms in total. The number of carbonyl (C=O) groups excluding carboxylic acids is 1. The predicted octanol–water partition coefficient (Wildman–Crippen LogP) is 2.10. The summed E-state index contributed by atoms with van der Waals surface area (Å²) in [4.78, 5) is 11.9. The van der Waals surface area contributed by atoms with Crippen molar-refractivity contribution >= 4 is 5.91 Å². The summed E-state index contributed by atoms with van der Waals surface area (Å²) in [6, 6.07) is 4.26. The average Bonchev–Trinajstić information content (AvgIpc) is 2.33. The molecule has 1 aromatic rings. The summed E-state index contributed by atoms with van der Waals surface area (Å²) in [5.41, 5.74) is 8.86. The average molecular weight is 278 g/mol. The van der Waals surface area contributed by atoms with Gasteiger partial charge in [0.15, 0.2) is 6.10 Å². The molecule has 0 aromatic heterocycles. The molecule has 1 amide bonds. The van der Waals surface area contributed by atoms with Gasteiger partial charge in [-0.3, -0.25) is 4.79 Å². The van der Waals surface area contributed by atoms with Gasteiger partial charge in [-0.1, -0.05) is 12.1 Å². The molecule has 0 bridgehead atoms. The van der Waals surface area contributed by atoms with Gasteiger partial charge in [0, 0.05) is 6.04 Å². The zero-order chi connectivity index (χ0) is 15.3. The smallest absolute Gasteiger partial charge is 0.260 e. The van der Waals surface area contributed by atoms with Crippen molar-refractivity contribution in [2.24, 2.45) is 5.73 Å². The van der Waals surface area contributed by atoms with Crippen LogP contribution in [0.15, 0.2) is 12.1 Å². The number of rotatable bonds is 6. The number of ether oxygens (including phenoxy) is 1. The lowest BCUT2D eigenvalue weighted by atomic mass is 10.0. The van der Waals surface area contributed by atoms with E-state index in [2.05, 4.69) is 17.4 Å². The Kier molecular flexibility index (Phi) is 6.02. The van der Waals surface area contributed by atoms with Crippen LogP contribution in [0.3, 0.4) is 0 Å². The molecule has 0 saturated carbocycles. The summed E-state index contributed by atoms with van der Waals surface area (Å²) in [5.74, 6) is 0.696. The van der Waals surface area contributed by atoms with Crippen LogP contribution in [0.25, 0.3) is 0 Å². The molecule has 1 unspecified atom stereocenters. The van der Waals surface area contributed by atoms with E-state index >= 15 is 0 Å². The molecule has 1 atom stereocenters. The molecule has 0 aliphatic rings. The molecule has 0 heterocycles. The summed E-state index contributed by atoms with van der Waals surface area (Å²) in [6.07, 6.45) is 0.348. The van der Waals surface area contributed by atoms with E-state index in [1.807, 2.05) is 27.7 Å². The van der Waals surface area contributed by atoms with E-state index in [1.165, 1.54) is 5.56 Å². The number of benzene rings is 1. The van der Waals surface area contributed by atoms with Crippen molar-refractivity contribution in [2.45, 2.75) is 53.2 Å². The molecule has 20 heavy (non-hydrogen) atoms. The highest BCUT2D eigenvalue weighted by atomic mass is 16.5. The minimum absolute atomic E-state index is 0.0927. The third kappa shape index (κ3) is 4.53. The maximum Gasteiger partial charge on any atom is 0.260 e. The zero-order valence-corrected chi connectivity index (χ0v) is 13.1. The number of hydrogen-bond acceptors (Lipinski definition) is 3. The van der Waals surface area contributed by atoms with E-state index in [0.29, 0.717) is 6.54 Å². The molecular formula is C16H26N2O2. The second kappa shape index (κ2) is 7.29. The van der Waals surface area contributed by atoms with Crippen molar-refractivity contribution in [3.63, 3.8) is 0 Å². The van der Waals surface area contributed by atoms with Gasteiger partial charge in [0.25, 0.3) is 5.91 Å². The van der Waals surface area contributed by atoms with Crippen LogP contribution in [0.5, 0.6) is 5.75 Å². The van der Waals surface area contributed by atoms with Gasteiger partial charge >= 0.3 is 0 Å². The lowest BCUT2D eigenvalue weighted by Crippen LogP contribution is -2.40. The fourth-order valence-corrected chi connectivity index (χ4v) is 2.17. The van der Waals surface area contributed by atoms with Crippen LogP contribution in [0.4, 0.5) is 0 Å². The molecule has 3 N–H and O–H groups in total. The Morgan fingerprint density at radius 3 is 2.25 bits per heavy atom. The van der Waals surface area contributed by atoms with Crippen LogP contribution in [0.2, 0.25) is 0 Å². The van der Waals surface area contributed by atoms with Gasteiger partial charge in [-0.2, -0.15) is 0 Å². The standard InChI is InChI=1S/C16H26N2O2/c1-10(2)18-16(19)13(5)20-15-11(3)8-14(6-7-17)9-12(15)4/h8-10,13H,6-7,17H2,1-5H3,(H,18,19). The second-order valence-electron chi connectivity index (χ2n) is 5.52. The van der Waals surface area contributed by atoms with Crippen molar-refractivity contribution in [1.82, 2.24) is 5.32 Å². The topological polar surface area (TPSA) is 64.3 Å². The van der Waals surface area contributed by atoms with Crippen LogP contribution in [0.1, 0.15) is 37.5 Å². The van der Waals surface area contributed by atoms with Gasteiger partial charge in [0.2, 0.25) is 0 Å². The highest BCUT2D eigenvalue weighted by Gasteiger charge is 2.17. The molecule has 0 saturated heterocycles. The first-order valence-corrected chi connectivity index (χ1v) is 7.12. The fraction of sp³-hybridized carbons (Fsp3) is 0.562. The highest BCUT2D eigenvalue weighted by molar-refractivity contribution is 5.81. The van der Waals surface area contributed by atoms with Gasteiger partial charge in [0.05, 0.1) is 0 Å². The van der Waals surface area contributed by atoms with Gasteiger partial charge < -0.3 is 15.8 Å². The Morgan fingerprint density at radius 1 is 1.25 bits per heavy atom. The molecule has 0 fully saturated rings. The molecular weight excluding hydrogens is 252 g/mol. The quantitative estimate of drug-likeness (QED) is 0.837. The monoisotopic (exact) mass is 278 g/mol. The Hall–Kier alpha value is -1.55. The molecule has 1 aromatic carbocycles. The van der Waals surface area contributed by atoms with Crippen LogP contribution < -0.4 is 15.8 Å². The van der Waals surface area contributed by atoms with E-state index in [-0.39, 0.29) is 11.9 Å². The lowest BCUT2D eigenvalue weighted by molar-refractivity contribution is -0.127. The molecule has 0 spiro atoms. The van der Waals surface area contributed by atoms with E-state index < -0.39 is 6.10 Å². The first-order valence-electron chi connectivity index (χ1n) is 7.12. The fourth-order valence-electron chi connectivity index (χ4n) is 2.17. The van der Waals surface area contributed by atoms with Gasteiger partial charge in [-0.15, -0.1) is 0 Å². The third-order valence-electron chi connectivity index (χ3n) is 3.05. The summed E-state index contributed by atoms with van der Waals surface area (Å²) >= 11 is 0. The number of nitrogens with two attached hydrogens (primary N) is 1. The minimum atomic E-state index is -0.504. The van der Waals surface area contributed by atoms with Crippen molar-refractivity contribution in [3.05, 3.63) is 28.8 Å². The van der Waals surface area contributed by atoms with E-state index in [4.69, 9.17) is 10.5 Å². The zero-order valence-electron chi connectivity index (χ0n) is 13.1. The maximum absolute atomic E-state index is 11.9. The summed E-state index contributed by atoms with van der Waals surface area (Å²) in [5, 5.41) is 2.85. The Bertz CT molecular complexity index is 447. The Balaban J connectivity index is 2.84. The van der Waals surface area contributed by atoms with Crippen LogP contribution >= 0.6 is 0 Å². The second-order valence-corrected chi connectivity index (χ2v) is 5.52.